The van der Waals surface area contributed by atoms with Gasteiger partial charge >= 0.3 is 0 Å². The van der Waals surface area contributed by atoms with E-state index in [1.807, 2.05) is 11.6 Å². The van der Waals surface area contributed by atoms with Gasteiger partial charge in [0.1, 0.15) is 0 Å². The van der Waals surface area contributed by atoms with Gasteiger partial charge in [0.2, 0.25) is 0 Å². The van der Waals surface area contributed by atoms with E-state index < -0.39 is 0 Å². The number of likely N-dealkylation sites (tertiary alicyclic amines) is 1. The molecule has 1 aliphatic carbocycles. The van der Waals surface area contributed by atoms with E-state index in [1.54, 1.807) is 0 Å². The van der Waals surface area contributed by atoms with Crippen molar-refractivity contribution in [2.24, 2.45) is 5.92 Å². The molecule has 4 rings (SSSR count). The van der Waals surface area contributed by atoms with Crippen LogP contribution in [0.4, 0.5) is 0 Å². The van der Waals surface area contributed by atoms with Gasteiger partial charge in [0, 0.05) is 12.6 Å². The van der Waals surface area contributed by atoms with E-state index in [2.05, 4.69) is 20.5 Å². The van der Waals surface area contributed by atoms with Crippen LogP contribution in [0.2, 0.25) is 0 Å². The first-order valence-corrected chi connectivity index (χ1v) is 10.2. The van der Waals surface area contributed by atoms with Crippen LogP contribution in [0.15, 0.2) is 0 Å². The van der Waals surface area contributed by atoms with Crippen molar-refractivity contribution in [1.29, 1.82) is 0 Å². The zero-order valence-corrected chi connectivity index (χ0v) is 15.4. The largest absolute Gasteiger partial charge is 0.334 e. The van der Waals surface area contributed by atoms with Gasteiger partial charge in [0.25, 0.3) is 5.91 Å². The molecule has 0 bridgehead atoms. The van der Waals surface area contributed by atoms with Crippen molar-refractivity contribution in [1.82, 2.24) is 25.2 Å². The van der Waals surface area contributed by atoms with Crippen molar-refractivity contribution in [3.63, 3.8) is 0 Å². The molecule has 1 amide bonds. The average molecular weight is 345 g/mol. The number of amides is 1. The van der Waals surface area contributed by atoms with Crippen molar-refractivity contribution in [2.75, 3.05) is 19.6 Å². The minimum absolute atomic E-state index is 0.116. The standard InChI is InChI=1S/C19H31N5O/c1-14-18(21-22-24(14)16-9-11-20-12-10-16)19(25)23-13-5-8-17(23)15-6-3-2-4-7-15/h15-17,20H,2-13H2,1H3. The van der Waals surface area contributed by atoms with E-state index in [0.29, 0.717) is 23.7 Å². The molecule has 1 unspecified atom stereocenters. The lowest BCUT2D eigenvalue weighted by Gasteiger charge is -2.33. The van der Waals surface area contributed by atoms with Gasteiger partial charge in [-0.3, -0.25) is 4.79 Å². The van der Waals surface area contributed by atoms with E-state index >= 15 is 0 Å². The highest BCUT2D eigenvalue weighted by Gasteiger charge is 2.37. The molecule has 1 saturated carbocycles. The zero-order chi connectivity index (χ0) is 17.2. The zero-order valence-electron chi connectivity index (χ0n) is 15.4. The Morgan fingerprint density at radius 2 is 1.80 bits per heavy atom. The van der Waals surface area contributed by atoms with E-state index in [4.69, 9.17) is 0 Å². The summed E-state index contributed by atoms with van der Waals surface area (Å²) in [6.45, 7) is 4.94. The maximum Gasteiger partial charge on any atom is 0.276 e. The summed E-state index contributed by atoms with van der Waals surface area (Å²) in [5.74, 6) is 0.811. The van der Waals surface area contributed by atoms with Gasteiger partial charge in [-0.15, -0.1) is 5.10 Å². The predicted molar refractivity (Wildman–Crippen MR) is 96.5 cm³/mol. The molecule has 0 radical (unpaired) electrons. The van der Waals surface area contributed by atoms with E-state index in [1.165, 1.54) is 32.1 Å². The van der Waals surface area contributed by atoms with Crippen LogP contribution < -0.4 is 5.32 Å². The Hall–Kier alpha value is -1.43. The number of carbonyl (C=O) groups is 1. The molecule has 6 nitrogen and oxygen atoms in total. The van der Waals surface area contributed by atoms with Gasteiger partial charge in [-0.25, -0.2) is 4.68 Å². The van der Waals surface area contributed by atoms with Crippen LogP contribution >= 0.6 is 0 Å². The van der Waals surface area contributed by atoms with Gasteiger partial charge in [0.15, 0.2) is 5.69 Å². The monoisotopic (exact) mass is 345 g/mol. The summed E-state index contributed by atoms with van der Waals surface area (Å²) in [5, 5.41) is 12.1. The number of hydrogen-bond acceptors (Lipinski definition) is 4. The van der Waals surface area contributed by atoms with Gasteiger partial charge in [-0.05, 0) is 64.5 Å². The third kappa shape index (κ3) is 3.33. The highest BCUT2D eigenvalue weighted by atomic mass is 16.2. The first kappa shape index (κ1) is 17.0. The molecule has 1 N–H and O–H groups in total. The van der Waals surface area contributed by atoms with Crippen LogP contribution in [0.3, 0.4) is 0 Å². The Balaban J connectivity index is 1.51. The molecule has 0 spiro atoms. The maximum atomic E-state index is 13.2. The van der Waals surface area contributed by atoms with E-state index in [9.17, 15) is 4.79 Å². The Morgan fingerprint density at radius 3 is 2.56 bits per heavy atom. The number of nitrogens with one attached hydrogen (secondary N) is 1. The molecule has 1 aromatic rings. The highest BCUT2D eigenvalue weighted by molar-refractivity contribution is 5.93. The quantitative estimate of drug-likeness (QED) is 0.915. The molecule has 1 atom stereocenters. The van der Waals surface area contributed by atoms with Crippen LogP contribution in [0.25, 0.3) is 0 Å². The second kappa shape index (κ2) is 7.44. The molecular weight excluding hydrogens is 314 g/mol. The summed E-state index contributed by atoms with van der Waals surface area (Å²) in [5.41, 5.74) is 1.53. The molecule has 2 aliphatic heterocycles. The average Bonchev–Trinajstić information content (AvgIpc) is 3.29. The minimum atomic E-state index is 0.116. The first-order chi connectivity index (χ1) is 12.3. The number of nitrogens with zero attached hydrogens (tertiary/aromatic N) is 4. The number of hydrogen-bond donors (Lipinski definition) is 1. The highest BCUT2D eigenvalue weighted by Crippen LogP contribution is 2.35. The second-order valence-corrected chi connectivity index (χ2v) is 8.06. The van der Waals surface area contributed by atoms with Crippen LogP contribution in [-0.2, 0) is 0 Å². The predicted octanol–water partition coefficient (Wildman–Crippen LogP) is 2.70. The van der Waals surface area contributed by atoms with Gasteiger partial charge < -0.3 is 10.2 Å². The summed E-state index contributed by atoms with van der Waals surface area (Å²) in [6.07, 6.45) is 11.0. The van der Waals surface area contributed by atoms with Gasteiger partial charge in [0.05, 0.1) is 11.7 Å². The summed E-state index contributed by atoms with van der Waals surface area (Å²) in [6, 6.07) is 0.805. The van der Waals surface area contributed by atoms with Crippen LogP contribution in [0, 0.1) is 12.8 Å². The maximum absolute atomic E-state index is 13.2. The molecule has 2 saturated heterocycles. The van der Waals surface area contributed by atoms with Gasteiger partial charge in [-0.2, -0.15) is 0 Å². The topological polar surface area (TPSA) is 63.1 Å². The first-order valence-electron chi connectivity index (χ1n) is 10.2. The fraction of sp³-hybridized carbons (Fsp3) is 0.842. The smallest absolute Gasteiger partial charge is 0.276 e. The number of piperidine rings is 1. The molecular formula is C19H31N5O. The lowest BCUT2D eigenvalue weighted by Crippen LogP contribution is -2.41. The molecule has 25 heavy (non-hydrogen) atoms. The Kier molecular flexibility index (Phi) is 5.06. The molecule has 138 valence electrons. The molecule has 0 aromatic carbocycles. The molecule has 3 aliphatic rings. The van der Waals surface area contributed by atoms with Crippen molar-refractivity contribution in [2.45, 2.75) is 76.8 Å². The van der Waals surface area contributed by atoms with Crippen LogP contribution in [0.5, 0.6) is 0 Å². The van der Waals surface area contributed by atoms with E-state index in [-0.39, 0.29) is 5.91 Å². The SMILES string of the molecule is Cc1c(C(=O)N2CCCC2C2CCCCC2)nnn1C1CCNCC1. The van der Waals surface area contributed by atoms with Crippen molar-refractivity contribution in [3.8, 4) is 0 Å². The second-order valence-electron chi connectivity index (χ2n) is 8.06. The Bertz CT molecular complexity index is 601. The Labute approximate surface area is 150 Å². The molecule has 3 heterocycles. The number of rotatable bonds is 3. The van der Waals surface area contributed by atoms with E-state index in [0.717, 1.165) is 51.0 Å². The van der Waals surface area contributed by atoms with Crippen LogP contribution in [0.1, 0.15) is 80.0 Å². The third-order valence-electron chi connectivity index (χ3n) is 6.54. The van der Waals surface area contributed by atoms with Crippen molar-refractivity contribution < 1.29 is 4.79 Å². The molecule has 1 aromatic heterocycles. The minimum Gasteiger partial charge on any atom is -0.334 e. The molecule has 6 heteroatoms. The molecule has 3 fully saturated rings. The summed E-state index contributed by atoms with van der Waals surface area (Å²) in [7, 11) is 0. The summed E-state index contributed by atoms with van der Waals surface area (Å²) >= 11 is 0. The summed E-state index contributed by atoms with van der Waals surface area (Å²) in [4.78, 5) is 15.3. The summed E-state index contributed by atoms with van der Waals surface area (Å²) < 4.78 is 2.00. The van der Waals surface area contributed by atoms with Crippen molar-refractivity contribution >= 4 is 5.91 Å². The van der Waals surface area contributed by atoms with Crippen LogP contribution in [-0.4, -0.2) is 51.5 Å². The number of carbonyl (C=O) groups excluding carboxylic acids is 1. The normalized spacial score (nSPS) is 26.3. The Morgan fingerprint density at radius 1 is 1.04 bits per heavy atom. The number of aromatic nitrogens is 3. The fourth-order valence-corrected chi connectivity index (χ4v) is 5.13. The lowest BCUT2D eigenvalue weighted by atomic mass is 9.83. The fourth-order valence-electron chi connectivity index (χ4n) is 5.13. The van der Waals surface area contributed by atoms with Gasteiger partial charge in [-0.1, -0.05) is 24.5 Å². The van der Waals surface area contributed by atoms with Crippen molar-refractivity contribution in [3.05, 3.63) is 11.4 Å². The third-order valence-corrected chi connectivity index (χ3v) is 6.54. The lowest BCUT2D eigenvalue weighted by molar-refractivity contribution is 0.0654.